The normalized spacial score (nSPS) is 19.9. The Morgan fingerprint density at radius 3 is 2.57 bits per heavy atom. The van der Waals surface area contributed by atoms with Gasteiger partial charge in [-0.15, -0.1) is 0 Å². The maximum Gasteiger partial charge on any atom is 0.240 e. The van der Waals surface area contributed by atoms with Gasteiger partial charge in [0.2, 0.25) is 10.0 Å². The first-order valence-electron chi connectivity index (χ1n) is 7.05. The highest BCUT2D eigenvalue weighted by molar-refractivity contribution is 7.89. The lowest BCUT2D eigenvalue weighted by Gasteiger charge is -2.14. The highest BCUT2D eigenvalue weighted by atomic mass is 32.2. The Labute approximate surface area is 124 Å². The summed E-state index contributed by atoms with van der Waals surface area (Å²) in [5.41, 5.74) is -0.266. The zero-order chi connectivity index (χ0) is 14.9. The van der Waals surface area contributed by atoms with Gasteiger partial charge in [-0.2, -0.15) is 0 Å². The number of rotatable bonds is 5. The van der Waals surface area contributed by atoms with Gasteiger partial charge >= 0.3 is 0 Å². The molecule has 1 heterocycles. The predicted molar refractivity (Wildman–Crippen MR) is 76.0 cm³/mol. The van der Waals surface area contributed by atoms with Crippen molar-refractivity contribution in [2.24, 2.45) is 5.41 Å². The number of fused-ring (bicyclic) bond motifs is 1. The number of benzene rings is 1. The number of sulfonamides is 1. The van der Waals surface area contributed by atoms with Gasteiger partial charge in [-0.25, -0.2) is 13.1 Å². The molecule has 1 fully saturated rings. The monoisotopic (exact) mass is 313 g/mol. The lowest BCUT2D eigenvalue weighted by atomic mass is 10.1. The molecule has 1 aliphatic heterocycles. The summed E-state index contributed by atoms with van der Waals surface area (Å²) in [5, 5.41) is 9.24. The van der Waals surface area contributed by atoms with Crippen LogP contribution in [-0.2, 0) is 10.0 Å². The minimum atomic E-state index is -3.61. The molecule has 0 radical (unpaired) electrons. The Hall–Kier alpha value is -1.31. The van der Waals surface area contributed by atoms with Crippen LogP contribution in [0.2, 0.25) is 0 Å². The van der Waals surface area contributed by atoms with Gasteiger partial charge in [0.15, 0.2) is 11.5 Å². The van der Waals surface area contributed by atoms with Gasteiger partial charge in [0, 0.05) is 31.1 Å². The zero-order valence-electron chi connectivity index (χ0n) is 11.7. The number of hydrogen-bond donors (Lipinski definition) is 2. The molecule has 0 atom stereocenters. The summed E-state index contributed by atoms with van der Waals surface area (Å²) in [5.74, 6) is 1.03. The molecule has 1 saturated carbocycles. The van der Waals surface area contributed by atoms with Gasteiger partial charge in [-0.3, -0.25) is 0 Å². The molecule has 2 N–H and O–H groups in total. The van der Waals surface area contributed by atoms with E-state index in [9.17, 15) is 13.5 Å². The minimum absolute atomic E-state index is 0.0106. The molecule has 6 nitrogen and oxygen atoms in total. The predicted octanol–water partition coefficient (Wildman–Crippen LogP) is 0.899. The largest absolute Gasteiger partial charge is 0.490 e. The quantitative estimate of drug-likeness (QED) is 0.843. The number of nitrogens with one attached hydrogen (secondary N) is 1. The van der Waals surface area contributed by atoms with Crippen LogP contribution in [0.5, 0.6) is 11.5 Å². The molecule has 0 unspecified atom stereocenters. The van der Waals surface area contributed by atoms with Crippen LogP contribution in [0.3, 0.4) is 0 Å². The third-order valence-corrected chi connectivity index (χ3v) is 5.36. The van der Waals surface area contributed by atoms with E-state index >= 15 is 0 Å². The smallest absolute Gasteiger partial charge is 0.240 e. The lowest BCUT2D eigenvalue weighted by molar-refractivity contribution is 0.213. The van der Waals surface area contributed by atoms with Crippen LogP contribution in [-0.4, -0.2) is 39.9 Å². The van der Waals surface area contributed by atoms with Gasteiger partial charge in [-0.1, -0.05) is 0 Å². The first-order valence-corrected chi connectivity index (χ1v) is 8.53. The fraction of sp³-hybridized carbons (Fsp3) is 0.571. The third kappa shape index (κ3) is 3.14. The maximum absolute atomic E-state index is 12.3. The van der Waals surface area contributed by atoms with E-state index in [-0.39, 0.29) is 23.5 Å². The molecule has 0 spiro atoms. The van der Waals surface area contributed by atoms with Crippen molar-refractivity contribution in [3.05, 3.63) is 18.2 Å². The van der Waals surface area contributed by atoms with E-state index in [2.05, 4.69) is 4.72 Å². The van der Waals surface area contributed by atoms with E-state index in [1.807, 2.05) is 0 Å². The van der Waals surface area contributed by atoms with E-state index in [1.165, 1.54) is 12.1 Å². The maximum atomic E-state index is 12.3. The van der Waals surface area contributed by atoms with Crippen LogP contribution in [0.15, 0.2) is 23.1 Å². The molecule has 1 aromatic carbocycles. The van der Waals surface area contributed by atoms with Gasteiger partial charge in [0.05, 0.1) is 18.1 Å². The third-order valence-electron chi connectivity index (χ3n) is 3.96. The average molecular weight is 313 g/mol. The molecule has 0 saturated heterocycles. The zero-order valence-corrected chi connectivity index (χ0v) is 12.5. The molecule has 1 aromatic rings. The van der Waals surface area contributed by atoms with Crippen LogP contribution in [0, 0.1) is 5.41 Å². The number of aliphatic hydroxyl groups excluding tert-OH is 1. The summed E-state index contributed by atoms with van der Waals surface area (Å²) in [6.07, 6.45) is 2.48. The van der Waals surface area contributed by atoms with Gasteiger partial charge in [-0.05, 0) is 25.0 Å². The first-order chi connectivity index (χ1) is 10.0. The second-order valence-electron chi connectivity index (χ2n) is 5.64. The van der Waals surface area contributed by atoms with Crippen molar-refractivity contribution >= 4 is 10.0 Å². The van der Waals surface area contributed by atoms with Crippen LogP contribution in [0.1, 0.15) is 19.3 Å². The molecule has 2 aliphatic rings. The Kier molecular flexibility index (Phi) is 3.81. The summed E-state index contributed by atoms with van der Waals surface area (Å²) in [7, 11) is -3.61. The Morgan fingerprint density at radius 1 is 1.19 bits per heavy atom. The Balaban J connectivity index is 1.77. The van der Waals surface area contributed by atoms with Crippen molar-refractivity contribution in [2.45, 2.75) is 24.2 Å². The summed E-state index contributed by atoms with van der Waals surface area (Å²) in [4.78, 5) is 0.153. The molecular weight excluding hydrogens is 294 g/mol. The van der Waals surface area contributed by atoms with Crippen LogP contribution in [0.25, 0.3) is 0 Å². The number of hydrogen-bond acceptors (Lipinski definition) is 5. The van der Waals surface area contributed by atoms with Crippen molar-refractivity contribution in [1.29, 1.82) is 0 Å². The van der Waals surface area contributed by atoms with E-state index in [1.54, 1.807) is 6.07 Å². The van der Waals surface area contributed by atoms with Crippen molar-refractivity contribution in [3.8, 4) is 11.5 Å². The Morgan fingerprint density at radius 2 is 1.90 bits per heavy atom. The average Bonchev–Trinajstić information content (AvgIpc) is 3.29. The summed E-state index contributed by atoms with van der Waals surface area (Å²) in [6, 6.07) is 4.62. The Bertz CT molecular complexity index is 624. The van der Waals surface area contributed by atoms with Crippen molar-refractivity contribution in [3.63, 3.8) is 0 Å². The topological polar surface area (TPSA) is 84.9 Å². The number of aliphatic hydroxyl groups is 1. The van der Waals surface area contributed by atoms with E-state index in [0.29, 0.717) is 24.7 Å². The lowest BCUT2D eigenvalue weighted by Crippen LogP contribution is -2.31. The van der Waals surface area contributed by atoms with Gasteiger partial charge in [0.25, 0.3) is 0 Å². The molecule has 3 rings (SSSR count). The van der Waals surface area contributed by atoms with E-state index in [0.717, 1.165) is 19.3 Å². The summed E-state index contributed by atoms with van der Waals surface area (Å²) < 4.78 is 38.2. The molecule has 21 heavy (non-hydrogen) atoms. The van der Waals surface area contributed by atoms with Crippen molar-refractivity contribution in [2.75, 3.05) is 26.4 Å². The molecule has 0 aromatic heterocycles. The molecule has 0 bridgehead atoms. The van der Waals surface area contributed by atoms with E-state index < -0.39 is 10.0 Å². The summed E-state index contributed by atoms with van der Waals surface area (Å²) in [6.45, 7) is 1.35. The van der Waals surface area contributed by atoms with Crippen molar-refractivity contribution in [1.82, 2.24) is 4.72 Å². The molecule has 1 aliphatic carbocycles. The first kappa shape index (κ1) is 14.6. The van der Waals surface area contributed by atoms with Crippen LogP contribution in [0.4, 0.5) is 0 Å². The number of ether oxygens (including phenoxy) is 2. The molecule has 116 valence electrons. The van der Waals surface area contributed by atoms with Crippen LogP contribution >= 0.6 is 0 Å². The molecule has 7 heteroatoms. The second-order valence-corrected chi connectivity index (χ2v) is 7.41. The fourth-order valence-corrected chi connectivity index (χ4v) is 3.38. The van der Waals surface area contributed by atoms with Crippen molar-refractivity contribution < 1.29 is 23.0 Å². The summed E-state index contributed by atoms with van der Waals surface area (Å²) >= 11 is 0. The molecule has 0 amide bonds. The van der Waals surface area contributed by atoms with Gasteiger partial charge in [0.1, 0.15) is 0 Å². The molecular formula is C14H19NO5S. The SMILES string of the molecule is O=S(=O)(NCC1(CO)CC1)c1ccc2c(c1)OCCCO2. The van der Waals surface area contributed by atoms with Gasteiger partial charge < -0.3 is 14.6 Å². The standard InChI is InChI=1S/C14H19NO5S/c16-10-14(4-5-14)9-15-21(17,18)11-2-3-12-13(8-11)20-7-1-6-19-12/h2-3,8,15-16H,1,4-7,9-10H2. The highest BCUT2D eigenvalue weighted by Gasteiger charge is 2.42. The van der Waals surface area contributed by atoms with E-state index in [4.69, 9.17) is 9.47 Å². The second kappa shape index (κ2) is 5.47. The fourth-order valence-electron chi connectivity index (χ4n) is 2.21. The van der Waals surface area contributed by atoms with Crippen LogP contribution < -0.4 is 14.2 Å². The minimum Gasteiger partial charge on any atom is -0.490 e. The highest BCUT2D eigenvalue weighted by Crippen LogP contribution is 2.44.